The fraction of sp³-hybridized carbons (Fsp3) is 0.400. The van der Waals surface area contributed by atoms with Gasteiger partial charge in [-0.25, -0.2) is 4.79 Å². The first-order valence-electron chi connectivity index (χ1n) is 7.35. The normalized spacial score (nSPS) is 11.7. The molecule has 0 spiro atoms. The quantitative estimate of drug-likeness (QED) is 0.565. The Labute approximate surface area is 149 Å². The van der Waals surface area contributed by atoms with Gasteiger partial charge in [-0.3, -0.25) is 5.32 Å². The third-order valence-corrected chi connectivity index (χ3v) is 5.34. The van der Waals surface area contributed by atoms with E-state index < -0.39 is 6.03 Å². The smallest absolute Gasteiger partial charge is 0.325 e. The molecule has 24 heavy (non-hydrogen) atoms. The van der Waals surface area contributed by atoms with Crippen molar-refractivity contribution >= 4 is 39.9 Å². The Kier molecular flexibility index (Phi) is 6.68. The average molecular weight is 368 g/mol. The number of methoxy groups -OCH3 is 2. The van der Waals surface area contributed by atoms with Gasteiger partial charge in [0.15, 0.2) is 15.8 Å². The maximum absolute atomic E-state index is 12.1. The Bertz CT molecular complexity index is 693. The summed E-state index contributed by atoms with van der Waals surface area (Å²) in [6.45, 7) is 4.25. The van der Waals surface area contributed by atoms with Gasteiger partial charge in [-0.2, -0.15) is 0 Å². The summed E-state index contributed by atoms with van der Waals surface area (Å²) in [4.78, 5) is 12.1. The number of benzene rings is 1. The third kappa shape index (κ3) is 5.00. The lowest BCUT2D eigenvalue weighted by molar-refractivity contribution is 0.262. The van der Waals surface area contributed by atoms with Crippen LogP contribution in [0.25, 0.3) is 0 Å². The zero-order valence-electron chi connectivity index (χ0n) is 14.0. The molecular formula is C15H20N4O3S2. The standard InChI is InChI=1S/C15H20N4O3S2/c1-5-9(2)23-15-19-18-14(24-15)17-13(20)16-10-6-7-11(21-3)12(8-10)22-4/h6-9H,5H2,1-4H3,(H2,16,17,18,20)/t9-/m0/s1. The van der Waals surface area contributed by atoms with Gasteiger partial charge in [0.2, 0.25) is 5.13 Å². The molecule has 0 aliphatic rings. The SMILES string of the molecule is CC[C@H](C)Sc1nnc(NC(=O)Nc2ccc(OC)c(OC)c2)s1. The second kappa shape index (κ2) is 8.74. The van der Waals surface area contributed by atoms with Gasteiger partial charge in [0.1, 0.15) is 0 Å². The molecule has 0 fully saturated rings. The maximum atomic E-state index is 12.1. The molecule has 2 N–H and O–H groups in total. The Balaban J connectivity index is 1.96. The first-order chi connectivity index (χ1) is 11.5. The summed E-state index contributed by atoms with van der Waals surface area (Å²) in [7, 11) is 3.10. The molecule has 0 saturated heterocycles. The van der Waals surface area contributed by atoms with E-state index in [1.54, 1.807) is 44.2 Å². The maximum Gasteiger partial charge on any atom is 0.325 e. The Morgan fingerprint density at radius 1 is 1.25 bits per heavy atom. The molecule has 0 unspecified atom stereocenters. The second-order valence-corrected chi connectivity index (χ2v) is 7.52. The highest BCUT2D eigenvalue weighted by Crippen LogP contribution is 2.31. The molecule has 1 atom stereocenters. The van der Waals surface area contributed by atoms with E-state index in [1.807, 2.05) is 0 Å². The van der Waals surface area contributed by atoms with Gasteiger partial charge in [-0.1, -0.05) is 36.9 Å². The van der Waals surface area contributed by atoms with Crippen molar-refractivity contribution in [1.82, 2.24) is 10.2 Å². The molecule has 1 heterocycles. The molecule has 2 rings (SSSR count). The lowest BCUT2D eigenvalue weighted by Crippen LogP contribution is -2.19. The minimum atomic E-state index is -0.390. The Hall–Kier alpha value is -2.00. The minimum absolute atomic E-state index is 0.390. The van der Waals surface area contributed by atoms with E-state index in [0.717, 1.165) is 10.8 Å². The molecule has 2 aromatic rings. The number of carbonyl (C=O) groups is 1. The number of rotatable bonds is 7. The van der Waals surface area contributed by atoms with E-state index in [4.69, 9.17) is 9.47 Å². The Morgan fingerprint density at radius 2 is 2.00 bits per heavy atom. The van der Waals surface area contributed by atoms with Crippen molar-refractivity contribution in [3.8, 4) is 11.5 Å². The van der Waals surface area contributed by atoms with Crippen LogP contribution < -0.4 is 20.1 Å². The van der Waals surface area contributed by atoms with Crippen molar-refractivity contribution in [1.29, 1.82) is 0 Å². The van der Waals surface area contributed by atoms with Crippen molar-refractivity contribution in [3.05, 3.63) is 18.2 Å². The number of thioether (sulfide) groups is 1. The zero-order chi connectivity index (χ0) is 17.5. The number of amides is 2. The number of hydrogen-bond acceptors (Lipinski definition) is 7. The minimum Gasteiger partial charge on any atom is -0.493 e. The third-order valence-electron chi connectivity index (χ3n) is 3.15. The van der Waals surface area contributed by atoms with Crippen LogP contribution >= 0.6 is 23.1 Å². The highest BCUT2D eigenvalue weighted by atomic mass is 32.2. The van der Waals surface area contributed by atoms with Gasteiger partial charge in [0.25, 0.3) is 0 Å². The van der Waals surface area contributed by atoms with Crippen molar-refractivity contribution in [2.75, 3.05) is 24.9 Å². The molecule has 9 heteroatoms. The molecule has 0 radical (unpaired) electrons. The molecule has 1 aromatic carbocycles. The van der Waals surface area contributed by atoms with Gasteiger partial charge in [-0.05, 0) is 18.6 Å². The molecule has 2 amide bonds. The summed E-state index contributed by atoms with van der Waals surface area (Å²) in [5, 5.41) is 14.4. The summed E-state index contributed by atoms with van der Waals surface area (Å²) in [6, 6.07) is 4.74. The number of nitrogens with zero attached hydrogens (tertiary/aromatic N) is 2. The van der Waals surface area contributed by atoms with Gasteiger partial charge < -0.3 is 14.8 Å². The lowest BCUT2D eigenvalue weighted by Gasteiger charge is -2.10. The Morgan fingerprint density at radius 3 is 2.67 bits per heavy atom. The number of anilines is 2. The van der Waals surface area contributed by atoms with Crippen molar-refractivity contribution in [2.45, 2.75) is 29.9 Å². The molecule has 0 aliphatic heterocycles. The number of aromatic nitrogens is 2. The van der Waals surface area contributed by atoms with Gasteiger partial charge in [-0.15, -0.1) is 10.2 Å². The summed E-state index contributed by atoms with van der Waals surface area (Å²) < 4.78 is 11.2. The highest BCUT2D eigenvalue weighted by molar-refractivity contribution is 8.01. The van der Waals surface area contributed by atoms with E-state index in [1.165, 1.54) is 11.3 Å². The fourth-order valence-electron chi connectivity index (χ4n) is 1.74. The topological polar surface area (TPSA) is 85.4 Å². The first kappa shape index (κ1) is 18.3. The van der Waals surface area contributed by atoms with Gasteiger partial charge in [0.05, 0.1) is 14.2 Å². The number of carbonyl (C=O) groups excluding carboxylic acids is 1. The number of ether oxygens (including phenoxy) is 2. The molecule has 130 valence electrons. The first-order valence-corrected chi connectivity index (χ1v) is 9.05. The van der Waals surface area contributed by atoms with Gasteiger partial charge >= 0.3 is 6.03 Å². The van der Waals surface area contributed by atoms with Crippen LogP contribution in [0.5, 0.6) is 11.5 Å². The highest BCUT2D eigenvalue weighted by Gasteiger charge is 2.12. The van der Waals surface area contributed by atoms with E-state index in [0.29, 0.717) is 27.6 Å². The van der Waals surface area contributed by atoms with E-state index in [2.05, 4.69) is 34.7 Å². The summed E-state index contributed by atoms with van der Waals surface area (Å²) in [5.74, 6) is 1.14. The predicted molar refractivity (Wildman–Crippen MR) is 97.7 cm³/mol. The van der Waals surface area contributed by atoms with Crippen LogP contribution in [0, 0.1) is 0 Å². The zero-order valence-corrected chi connectivity index (χ0v) is 15.6. The monoisotopic (exact) mass is 368 g/mol. The molecular weight excluding hydrogens is 348 g/mol. The number of urea groups is 1. The largest absolute Gasteiger partial charge is 0.493 e. The van der Waals surface area contributed by atoms with E-state index in [9.17, 15) is 4.79 Å². The van der Waals surface area contributed by atoms with Crippen LogP contribution in [-0.4, -0.2) is 35.7 Å². The molecule has 1 aromatic heterocycles. The van der Waals surface area contributed by atoms with Gasteiger partial charge in [0, 0.05) is 17.0 Å². The summed E-state index contributed by atoms with van der Waals surface area (Å²) in [6.07, 6.45) is 1.05. The fourth-order valence-corrected chi connectivity index (χ4v) is 3.73. The van der Waals surface area contributed by atoms with Crippen LogP contribution in [0.15, 0.2) is 22.5 Å². The van der Waals surface area contributed by atoms with Crippen molar-refractivity contribution in [3.63, 3.8) is 0 Å². The summed E-state index contributed by atoms with van der Waals surface area (Å²) >= 11 is 3.00. The number of hydrogen-bond donors (Lipinski definition) is 2. The number of nitrogens with one attached hydrogen (secondary N) is 2. The van der Waals surface area contributed by atoms with Crippen LogP contribution in [-0.2, 0) is 0 Å². The van der Waals surface area contributed by atoms with Crippen molar-refractivity contribution < 1.29 is 14.3 Å². The van der Waals surface area contributed by atoms with Crippen LogP contribution in [0.2, 0.25) is 0 Å². The van der Waals surface area contributed by atoms with Crippen LogP contribution in [0.3, 0.4) is 0 Å². The average Bonchev–Trinajstić information content (AvgIpc) is 3.01. The second-order valence-electron chi connectivity index (χ2n) is 4.86. The lowest BCUT2D eigenvalue weighted by atomic mass is 10.3. The van der Waals surface area contributed by atoms with E-state index >= 15 is 0 Å². The molecule has 7 nitrogen and oxygen atoms in total. The molecule has 0 bridgehead atoms. The van der Waals surface area contributed by atoms with E-state index in [-0.39, 0.29) is 0 Å². The molecule has 0 aliphatic carbocycles. The predicted octanol–water partition coefficient (Wildman–Crippen LogP) is 4.09. The summed E-state index contributed by atoms with van der Waals surface area (Å²) in [5.41, 5.74) is 0.587. The van der Waals surface area contributed by atoms with Crippen LogP contribution in [0.4, 0.5) is 15.6 Å². The van der Waals surface area contributed by atoms with Crippen molar-refractivity contribution in [2.24, 2.45) is 0 Å². The molecule has 0 saturated carbocycles. The van der Waals surface area contributed by atoms with Crippen LogP contribution in [0.1, 0.15) is 20.3 Å².